The fraction of sp³-hybridized carbons (Fsp3) is 0.889. The Kier molecular flexibility index (Phi) is 14.4. The first-order chi connectivity index (χ1) is 12.0. The molecule has 25 heavy (non-hydrogen) atoms. The van der Waals surface area contributed by atoms with Gasteiger partial charge in [0.2, 0.25) is 0 Å². The van der Waals surface area contributed by atoms with Crippen LogP contribution in [0.3, 0.4) is 0 Å². The van der Waals surface area contributed by atoms with Crippen LogP contribution in [-0.2, 0) is 28.8 Å². The molecule has 0 aliphatic carbocycles. The molecule has 1 unspecified atom stereocenters. The minimum atomic E-state index is -1.97. The second-order valence-electron chi connectivity index (χ2n) is 6.02. The fourth-order valence-corrected chi connectivity index (χ4v) is 1.86. The maximum absolute atomic E-state index is 12.2. The van der Waals surface area contributed by atoms with Gasteiger partial charge in [0.05, 0.1) is 32.8 Å². The van der Waals surface area contributed by atoms with E-state index in [1.807, 2.05) is 20.8 Å². The summed E-state index contributed by atoms with van der Waals surface area (Å²) in [5.74, 6) is -1.46. The van der Waals surface area contributed by atoms with Crippen LogP contribution in [0.1, 0.15) is 72.1 Å². The van der Waals surface area contributed by atoms with Gasteiger partial charge in [-0.05, 0) is 19.3 Å². The summed E-state index contributed by atoms with van der Waals surface area (Å²) in [5, 5.41) is 10.6. The van der Waals surface area contributed by atoms with Crippen LogP contribution in [0.2, 0.25) is 0 Å². The zero-order valence-corrected chi connectivity index (χ0v) is 15.9. The molecule has 0 spiro atoms. The number of carbonyl (C=O) groups excluding carboxylic acids is 2. The maximum atomic E-state index is 12.2. The van der Waals surface area contributed by atoms with Crippen LogP contribution < -0.4 is 0 Å². The van der Waals surface area contributed by atoms with Crippen molar-refractivity contribution in [1.82, 2.24) is 0 Å². The molecule has 0 heterocycles. The van der Waals surface area contributed by atoms with E-state index >= 15 is 0 Å². The Balaban J connectivity index is 4.51. The van der Waals surface area contributed by atoms with Crippen molar-refractivity contribution in [1.29, 1.82) is 0 Å². The van der Waals surface area contributed by atoms with E-state index in [4.69, 9.17) is 19.2 Å². The Morgan fingerprint density at radius 3 is 1.92 bits per heavy atom. The van der Waals surface area contributed by atoms with Gasteiger partial charge < -0.3 is 14.6 Å². The summed E-state index contributed by atoms with van der Waals surface area (Å²) in [6, 6.07) is 0. The van der Waals surface area contributed by atoms with E-state index in [9.17, 15) is 14.7 Å². The van der Waals surface area contributed by atoms with Gasteiger partial charge >= 0.3 is 11.9 Å². The second-order valence-corrected chi connectivity index (χ2v) is 6.02. The van der Waals surface area contributed by atoms with E-state index in [1.54, 1.807) is 0 Å². The normalized spacial score (nSPS) is 13.3. The first-order valence-electron chi connectivity index (χ1n) is 9.29. The standard InChI is InChI=1S/C18H34O7/c1-4-7-11-22-16(19)15-18(21,17(20)23-12-8-5-2)10-14-25-24-13-9-6-3/h21H,4-15H2,1-3H3. The van der Waals surface area contributed by atoms with Crippen molar-refractivity contribution in [3.8, 4) is 0 Å². The highest BCUT2D eigenvalue weighted by molar-refractivity contribution is 5.85. The highest BCUT2D eigenvalue weighted by atomic mass is 17.2. The van der Waals surface area contributed by atoms with Crippen molar-refractivity contribution in [3.63, 3.8) is 0 Å². The van der Waals surface area contributed by atoms with Gasteiger partial charge in [-0.1, -0.05) is 40.0 Å². The number of unbranched alkanes of at least 4 members (excludes halogenated alkanes) is 3. The quantitative estimate of drug-likeness (QED) is 0.195. The number of ether oxygens (including phenoxy) is 2. The average Bonchev–Trinajstić information content (AvgIpc) is 2.58. The van der Waals surface area contributed by atoms with Crippen LogP contribution in [0.4, 0.5) is 0 Å². The first kappa shape index (κ1) is 23.8. The van der Waals surface area contributed by atoms with Crippen molar-refractivity contribution < 1.29 is 33.9 Å². The van der Waals surface area contributed by atoms with E-state index in [1.165, 1.54) is 0 Å². The number of carbonyl (C=O) groups is 2. The van der Waals surface area contributed by atoms with Gasteiger partial charge in [-0.15, -0.1) is 0 Å². The van der Waals surface area contributed by atoms with Crippen LogP contribution in [0.15, 0.2) is 0 Å². The summed E-state index contributed by atoms with van der Waals surface area (Å²) in [6.45, 7) is 6.86. The molecule has 148 valence electrons. The fourth-order valence-electron chi connectivity index (χ4n) is 1.86. The minimum absolute atomic E-state index is 0.0225. The lowest BCUT2D eigenvalue weighted by Gasteiger charge is -2.25. The summed E-state index contributed by atoms with van der Waals surface area (Å²) in [6.07, 6.45) is 4.44. The van der Waals surface area contributed by atoms with E-state index in [-0.39, 0.29) is 26.2 Å². The predicted octanol–water partition coefficient (Wildman–Crippen LogP) is 2.93. The molecule has 0 aromatic carbocycles. The smallest absolute Gasteiger partial charge is 0.338 e. The number of rotatable bonds is 16. The van der Waals surface area contributed by atoms with Crippen molar-refractivity contribution in [2.45, 2.75) is 77.7 Å². The Morgan fingerprint density at radius 2 is 1.32 bits per heavy atom. The SMILES string of the molecule is CCCCOOCCC(O)(CC(=O)OCCCC)C(=O)OCCCC. The summed E-state index contributed by atoms with van der Waals surface area (Å²) in [4.78, 5) is 34.0. The molecule has 7 nitrogen and oxygen atoms in total. The predicted molar refractivity (Wildman–Crippen MR) is 92.7 cm³/mol. The molecule has 0 saturated carbocycles. The molecule has 0 fully saturated rings. The van der Waals surface area contributed by atoms with Crippen LogP contribution in [0, 0.1) is 0 Å². The van der Waals surface area contributed by atoms with Crippen molar-refractivity contribution >= 4 is 11.9 Å². The first-order valence-corrected chi connectivity index (χ1v) is 9.29. The molecule has 0 saturated heterocycles. The monoisotopic (exact) mass is 362 g/mol. The summed E-state index contributed by atoms with van der Waals surface area (Å²) in [7, 11) is 0. The molecular formula is C18H34O7. The molecule has 0 amide bonds. The van der Waals surface area contributed by atoms with Gasteiger partial charge in [0.25, 0.3) is 0 Å². The summed E-state index contributed by atoms with van der Waals surface area (Å²) < 4.78 is 10.1. The lowest BCUT2D eigenvalue weighted by Crippen LogP contribution is -2.43. The lowest BCUT2D eigenvalue weighted by atomic mass is 9.96. The molecule has 0 rings (SSSR count). The highest BCUT2D eigenvalue weighted by Crippen LogP contribution is 2.19. The van der Waals surface area contributed by atoms with Crippen molar-refractivity contribution in [3.05, 3.63) is 0 Å². The van der Waals surface area contributed by atoms with Gasteiger partial charge in [-0.3, -0.25) is 4.79 Å². The van der Waals surface area contributed by atoms with Gasteiger partial charge in [-0.25, -0.2) is 14.6 Å². The Morgan fingerprint density at radius 1 is 0.800 bits per heavy atom. The molecule has 0 radical (unpaired) electrons. The van der Waals surface area contributed by atoms with E-state index in [0.717, 1.165) is 32.1 Å². The van der Waals surface area contributed by atoms with Crippen molar-refractivity contribution in [2.24, 2.45) is 0 Å². The number of hydrogen-bond acceptors (Lipinski definition) is 7. The highest BCUT2D eigenvalue weighted by Gasteiger charge is 2.40. The molecule has 1 atom stereocenters. The van der Waals surface area contributed by atoms with Crippen LogP contribution in [-0.4, -0.2) is 49.1 Å². The average molecular weight is 362 g/mol. The molecule has 0 bridgehead atoms. The van der Waals surface area contributed by atoms with Crippen LogP contribution in [0.5, 0.6) is 0 Å². The Hall–Kier alpha value is -1.18. The molecule has 0 aromatic rings. The van der Waals surface area contributed by atoms with Gasteiger partial charge in [0, 0.05) is 6.42 Å². The van der Waals surface area contributed by atoms with Gasteiger partial charge in [0.15, 0.2) is 5.60 Å². The zero-order valence-electron chi connectivity index (χ0n) is 15.9. The largest absolute Gasteiger partial charge is 0.466 e. The topological polar surface area (TPSA) is 91.3 Å². The van der Waals surface area contributed by atoms with Crippen LogP contribution >= 0.6 is 0 Å². The minimum Gasteiger partial charge on any atom is -0.466 e. The third-order valence-corrected chi connectivity index (χ3v) is 3.57. The third kappa shape index (κ3) is 11.9. The van der Waals surface area contributed by atoms with Crippen LogP contribution in [0.25, 0.3) is 0 Å². The molecule has 1 N–H and O–H groups in total. The zero-order chi connectivity index (χ0) is 19.0. The lowest BCUT2D eigenvalue weighted by molar-refractivity contribution is -0.299. The molecule has 0 aliphatic rings. The third-order valence-electron chi connectivity index (χ3n) is 3.57. The van der Waals surface area contributed by atoms with E-state index in [0.29, 0.717) is 13.0 Å². The summed E-state index contributed by atoms with van der Waals surface area (Å²) in [5.41, 5.74) is -1.97. The Bertz CT molecular complexity index is 359. The number of hydrogen-bond donors (Lipinski definition) is 1. The molecule has 0 aliphatic heterocycles. The van der Waals surface area contributed by atoms with E-state index < -0.39 is 24.0 Å². The van der Waals surface area contributed by atoms with Gasteiger partial charge in [0.1, 0.15) is 0 Å². The molecule has 7 heteroatoms. The number of esters is 2. The second kappa shape index (κ2) is 15.1. The van der Waals surface area contributed by atoms with E-state index in [2.05, 4.69) is 0 Å². The summed E-state index contributed by atoms with van der Waals surface area (Å²) >= 11 is 0. The molecular weight excluding hydrogens is 328 g/mol. The van der Waals surface area contributed by atoms with Gasteiger partial charge in [-0.2, -0.15) is 0 Å². The number of aliphatic hydroxyl groups is 1. The Labute approximate surface area is 150 Å². The molecule has 0 aromatic heterocycles. The van der Waals surface area contributed by atoms with Crippen molar-refractivity contribution in [2.75, 3.05) is 26.4 Å². The maximum Gasteiger partial charge on any atom is 0.338 e.